The van der Waals surface area contributed by atoms with Gasteiger partial charge in [0.2, 0.25) is 5.60 Å². The first-order valence-corrected chi connectivity index (χ1v) is 6.10. The highest BCUT2D eigenvalue weighted by Gasteiger charge is 2.46. The number of aliphatic hydroxyl groups is 2. The first-order valence-electron chi connectivity index (χ1n) is 6.10. The predicted molar refractivity (Wildman–Crippen MR) is 67.9 cm³/mol. The summed E-state index contributed by atoms with van der Waals surface area (Å²) in [4.78, 5) is 12.0. The second kappa shape index (κ2) is 5.98. The number of hydrogen-bond acceptors (Lipinski definition) is 4. The van der Waals surface area contributed by atoms with Gasteiger partial charge in [0.05, 0.1) is 12.2 Å². The molecule has 0 bridgehead atoms. The van der Waals surface area contributed by atoms with Crippen molar-refractivity contribution in [3.8, 4) is 0 Å². The molecule has 0 aliphatic rings. The van der Waals surface area contributed by atoms with E-state index < -0.39 is 17.7 Å². The number of ether oxygens (including phenoxy) is 1. The highest BCUT2D eigenvalue weighted by atomic mass is 16.6. The molecule has 0 radical (unpaired) electrons. The molecule has 0 amide bonds. The lowest BCUT2D eigenvalue weighted by Gasteiger charge is -2.31. The second-order valence-electron chi connectivity index (χ2n) is 4.51. The standard InChI is InChI=1S/C14H20O4/c1-4-12(15)14(17,13(16)18-10(2)3)11-8-6-5-7-9-11/h5-10,12,15,17H,4H2,1-3H3/t12-,14+/m1/s1. The number of carbonyl (C=O) groups is 1. The molecular weight excluding hydrogens is 232 g/mol. The average molecular weight is 252 g/mol. The Hall–Kier alpha value is -1.39. The van der Waals surface area contributed by atoms with Crippen LogP contribution in [0.2, 0.25) is 0 Å². The molecule has 0 aliphatic carbocycles. The van der Waals surface area contributed by atoms with E-state index in [2.05, 4.69) is 0 Å². The quantitative estimate of drug-likeness (QED) is 0.781. The van der Waals surface area contributed by atoms with Gasteiger partial charge < -0.3 is 14.9 Å². The Morgan fingerprint density at radius 1 is 1.33 bits per heavy atom. The highest BCUT2D eigenvalue weighted by Crippen LogP contribution is 2.29. The third-order valence-corrected chi connectivity index (χ3v) is 2.74. The number of hydrogen-bond donors (Lipinski definition) is 2. The maximum atomic E-state index is 12.0. The summed E-state index contributed by atoms with van der Waals surface area (Å²) in [5.41, 5.74) is -1.68. The Morgan fingerprint density at radius 3 is 2.33 bits per heavy atom. The molecule has 1 aromatic rings. The molecule has 100 valence electrons. The maximum Gasteiger partial charge on any atom is 0.345 e. The molecule has 4 heteroatoms. The molecule has 0 heterocycles. The Labute approximate surface area is 107 Å². The normalized spacial score (nSPS) is 16.1. The van der Waals surface area contributed by atoms with E-state index in [9.17, 15) is 15.0 Å². The molecule has 0 spiro atoms. The van der Waals surface area contributed by atoms with Gasteiger partial charge in [0.15, 0.2) is 0 Å². The van der Waals surface area contributed by atoms with Crippen LogP contribution in [0.5, 0.6) is 0 Å². The van der Waals surface area contributed by atoms with Crippen LogP contribution in [0.25, 0.3) is 0 Å². The van der Waals surface area contributed by atoms with Gasteiger partial charge >= 0.3 is 5.97 Å². The van der Waals surface area contributed by atoms with Crippen molar-refractivity contribution in [1.82, 2.24) is 0 Å². The van der Waals surface area contributed by atoms with Crippen LogP contribution in [0.1, 0.15) is 32.8 Å². The fourth-order valence-electron chi connectivity index (χ4n) is 1.74. The minimum Gasteiger partial charge on any atom is -0.461 e. The van der Waals surface area contributed by atoms with Crippen molar-refractivity contribution in [2.75, 3.05) is 0 Å². The van der Waals surface area contributed by atoms with Gasteiger partial charge in [-0.05, 0) is 25.8 Å². The molecule has 18 heavy (non-hydrogen) atoms. The molecule has 1 rings (SSSR count). The Morgan fingerprint density at radius 2 is 1.89 bits per heavy atom. The van der Waals surface area contributed by atoms with Crippen molar-refractivity contribution < 1.29 is 19.7 Å². The van der Waals surface area contributed by atoms with Gasteiger partial charge in [-0.3, -0.25) is 0 Å². The summed E-state index contributed by atoms with van der Waals surface area (Å²) < 4.78 is 5.04. The van der Waals surface area contributed by atoms with Gasteiger partial charge in [0.1, 0.15) is 0 Å². The van der Waals surface area contributed by atoms with Crippen molar-refractivity contribution in [3.63, 3.8) is 0 Å². The van der Waals surface area contributed by atoms with Gasteiger partial charge in [-0.1, -0.05) is 37.3 Å². The van der Waals surface area contributed by atoms with Crippen LogP contribution < -0.4 is 0 Å². The average Bonchev–Trinajstić information content (AvgIpc) is 2.36. The van der Waals surface area contributed by atoms with Crippen molar-refractivity contribution in [2.24, 2.45) is 0 Å². The first kappa shape index (κ1) is 14.7. The van der Waals surface area contributed by atoms with E-state index >= 15 is 0 Å². The number of esters is 1. The maximum absolute atomic E-state index is 12.0. The molecular formula is C14H20O4. The number of carbonyl (C=O) groups excluding carboxylic acids is 1. The number of benzene rings is 1. The minimum atomic E-state index is -2.01. The van der Waals surface area contributed by atoms with E-state index in [1.54, 1.807) is 51.1 Å². The summed E-state index contributed by atoms with van der Waals surface area (Å²) in [6, 6.07) is 8.37. The zero-order valence-corrected chi connectivity index (χ0v) is 11.0. The summed E-state index contributed by atoms with van der Waals surface area (Å²) in [6.07, 6.45) is -1.30. The Kier molecular flexibility index (Phi) is 4.87. The molecule has 2 atom stereocenters. The van der Waals surface area contributed by atoms with Crippen molar-refractivity contribution >= 4 is 5.97 Å². The summed E-state index contributed by atoms with van der Waals surface area (Å²) in [6.45, 7) is 5.09. The molecule has 4 nitrogen and oxygen atoms in total. The molecule has 0 fully saturated rings. The SMILES string of the molecule is CC[C@@H](O)[C@](O)(C(=O)OC(C)C)c1ccccc1. The van der Waals surface area contributed by atoms with Gasteiger partial charge in [-0.2, -0.15) is 0 Å². The fourth-order valence-corrected chi connectivity index (χ4v) is 1.74. The van der Waals surface area contributed by atoms with Gasteiger partial charge in [0, 0.05) is 0 Å². The third-order valence-electron chi connectivity index (χ3n) is 2.74. The zero-order valence-electron chi connectivity index (χ0n) is 11.0. The van der Waals surface area contributed by atoms with Crippen molar-refractivity contribution in [3.05, 3.63) is 35.9 Å². The van der Waals surface area contributed by atoms with E-state index in [0.29, 0.717) is 5.56 Å². The topological polar surface area (TPSA) is 66.8 Å². The lowest BCUT2D eigenvalue weighted by atomic mass is 9.87. The zero-order chi connectivity index (χ0) is 13.8. The van der Waals surface area contributed by atoms with Crippen LogP contribution in [-0.4, -0.2) is 28.4 Å². The van der Waals surface area contributed by atoms with Gasteiger partial charge in [-0.15, -0.1) is 0 Å². The van der Waals surface area contributed by atoms with Crippen LogP contribution in [-0.2, 0) is 15.1 Å². The summed E-state index contributed by atoms with van der Waals surface area (Å²) in [5, 5.41) is 20.5. The second-order valence-corrected chi connectivity index (χ2v) is 4.51. The monoisotopic (exact) mass is 252 g/mol. The first-order chi connectivity index (χ1) is 8.42. The molecule has 0 unspecified atom stereocenters. The van der Waals surface area contributed by atoms with Crippen LogP contribution in [0.3, 0.4) is 0 Å². The van der Waals surface area contributed by atoms with Crippen LogP contribution in [0.4, 0.5) is 0 Å². The lowest BCUT2D eigenvalue weighted by Crippen LogP contribution is -2.48. The van der Waals surface area contributed by atoms with Gasteiger partial charge in [-0.25, -0.2) is 4.79 Å². The third kappa shape index (κ3) is 2.89. The Bertz CT molecular complexity index is 388. The molecule has 0 aromatic heterocycles. The smallest absolute Gasteiger partial charge is 0.345 e. The van der Waals surface area contributed by atoms with Crippen LogP contribution in [0, 0.1) is 0 Å². The summed E-state index contributed by atoms with van der Waals surface area (Å²) >= 11 is 0. The molecule has 1 aromatic carbocycles. The molecule has 0 saturated carbocycles. The van der Waals surface area contributed by atoms with Crippen LogP contribution >= 0.6 is 0 Å². The number of rotatable bonds is 5. The lowest BCUT2D eigenvalue weighted by molar-refractivity contribution is -0.184. The van der Waals surface area contributed by atoms with E-state index in [0.717, 1.165) is 0 Å². The van der Waals surface area contributed by atoms with Crippen LogP contribution in [0.15, 0.2) is 30.3 Å². The van der Waals surface area contributed by atoms with Crippen molar-refractivity contribution in [2.45, 2.75) is 45.0 Å². The molecule has 2 N–H and O–H groups in total. The predicted octanol–water partition coefficient (Wildman–Crippen LogP) is 1.60. The summed E-state index contributed by atoms with van der Waals surface area (Å²) in [5.74, 6) is -0.821. The van der Waals surface area contributed by atoms with E-state index in [4.69, 9.17) is 4.74 Å². The van der Waals surface area contributed by atoms with Gasteiger partial charge in [0.25, 0.3) is 0 Å². The Balaban J connectivity index is 3.15. The number of aliphatic hydroxyl groups excluding tert-OH is 1. The minimum absolute atomic E-state index is 0.249. The van der Waals surface area contributed by atoms with E-state index in [1.807, 2.05) is 0 Å². The fraction of sp³-hybridized carbons (Fsp3) is 0.500. The molecule has 0 aliphatic heterocycles. The van der Waals surface area contributed by atoms with E-state index in [-0.39, 0.29) is 12.5 Å². The summed E-state index contributed by atoms with van der Waals surface area (Å²) in [7, 11) is 0. The largest absolute Gasteiger partial charge is 0.461 e. The van der Waals surface area contributed by atoms with Crippen molar-refractivity contribution in [1.29, 1.82) is 0 Å². The molecule has 0 saturated heterocycles. The highest BCUT2D eigenvalue weighted by molar-refractivity contribution is 5.82. The van der Waals surface area contributed by atoms with E-state index in [1.165, 1.54) is 0 Å².